The first-order chi connectivity index (χ1) is 13.6. The number of thiophene rings is 1. The molecule has 28 heavy (non-hydrogen) atoms. The van der Waals surface area contributed by atoms with Crippen LogP contribution in [-0.2, 0) is 9.59 Å². The first kappa shape index (κ1) is 19.9. The van der Waals surface area contributed by atoms with E-state index in [-0.39, 0.29) is 37.2 Å². The molecular formula is C20H24N4O3S. The van der Waals surface area contributed by atoms with Crippen molar-refractivity contribution in [2.24, 2.45) is 0 Å². The Morgan fingerprint density at radius 2 is 1.71 bits per heavy atom. The van der Waals surface area contributed by atoms with Crippen LogP contribution >= 0.6 is 11.3 Å². The Bertz CT molecular complexity index is 787. The van der Waals surface area contributed by atoms with E-state index >= 15 is 0 Å². The van der Waals surface area contributed by atoms with Gasteiger partial charge in [-0.05, 0) is 23.6 Å². The standard InChI is InChI=1S/C20H24N4O3S/c25-18(14-22-20(27)16-7-13-28-15-16)21-8-6-19(26)24-11-9-23(10-12-24)17-4-2-1-3-5-17/h1-5,7,13,15H,6,8-12,14H2,(H,21,25)(H,22,27). The molecule has 0 radical (unpaired) electrons. The second-order valence-electron chi connectivity index (χ2n) is 6.50. The van der Waals surface area contributed by atoms with Gasteiger partial charge >= 0.3 is 0 Å². The Hall–Kier alpha value is -2.87. The molecule has 1 saturated heterocycles. The van der Waals surface area contributed by atoms with Gasteiger partial charge in [-0.15, -0.1) is 0 Å². The summed E-state index contributed by atoms with van der Waals surface area (Å²) < 4.78 is 0. The van der Waals surface area contributed by atoms with Crippen LogP contribution in [0.4, 0.5) is 5.69 Å². The molecule has 2 heterocycles. The van der Waals surface area contributed by atoms with Gasteiger partial charge in [0, 0.05) is 55.8 Å². The van der Waals surface area contributed by atoms with Crippen LogP contribution in [0.3, 0.4) is 0 Å². The molecule has 1 aromatic heterocycles. The van der Waals surface area contributed by atoms with Crippen LogP contribution in [0.25, 0.3) is 0 Å². The maximum absolute atomic E-state index is 12.3. The first-order valence-electron chi connectivity index (χ1n) is 9.28. The van der Waals surface area contributed by atoms with Crippen molar-refractivity contribution in [3.8, 4) is 0 Å². The molecular weight excluding hydrogens is 376 g/mol. The highest BCUT2D eigenvalue weighted by Crippen LogP contribution is 2.15. The third kappa shape index (κ3) is 5.56. The van der Waals surface area contributed by atoms with Gasteiger partial charge < -0.3 is 20.4 Å². The van der Waals surface area contributed by atoms with Gasteiger partial charge in [0.2, 0.25) is 11.8 Å². The topological polar surface area (TPSA) is 81.8 Å². The van der Waals surface area contributed by atoms with Crippen molar-refractivity contribution in [1.82, 2.24) is 15.5 Å². The predicted octanol–water partition coefficient (Wildman–Crippen LogP) is 1.33. The fraction of sp³-hybridized carbons (Fsp3) is 0.350. The molecule has 148 valence electrons. The SMILES string of the molecule is O=C(CNC(=O)c1ccsc1)NCCC(=O)N1CCN(c2ccccc2)CC1. The van der Waals surface area contributed by atoms with Crippen LogP contribution in [0.15, 0.2) is 47.2 Å². The largest absolute Gasteiger partial charge is 0.368 e. The minimum absolute atomic E-state index is 0.0373. The molecule has 1 aliphatic rings. The van der Waals surface area contributed by atoms with Gasteiger partial charge in [-0.25, -0.2) is 0 Å². The highest BCUT2D eigenvalue weighted by atomic mass is 32.1. The molecule has 0 bridgehead atoms. The summed E-state index contributed by atoms with van der Waals surface area (Å²) >= 11 is 1.42. The number of anilines is 1. The molecule has 0 aliphatic carbocycles. The molecule has 0 saturated carbocycles. The number of carbonyl (C=O) groups excluding carboxylic acids is 3. The van der Waals surface area contributed by atoms with Crippen molar-refractivity contribution >= 4 is 34.7 Å². The van der Waals surface area contributed by atoms with E-state index < -0.39 is 0 Å². The third-order valence-electron chi connectivity index (χ3n) is 4.61. The van der Waals surface area contributed by atoms with Crippen LogP contribution in [-0.4, -0.2) is 61.9 Å². The number of amides is 3. The van der Waals surface area contributed by atoms with E-state index in [4.69, 9.17) is 0 Å². The van der Waals surface area contributed by atoms with E-state index in [1.54, 1.807) is 16.8 Å². The van der Waals surface area contributed by atoms with Gasteiger partial charge in [0.1, 0.15) is 0 Å². The lowest BCUT2D eigenvalue weighted by Gasteiger charge is -2.36. The van der Waals surface area contributed by atoms with E-state index in [1.165, 1.54) is 17.0 Å². The average molecular weight is 401 g/mol. The lowest BCUT2D eigenvalue weighted by Crippen LogP contribution is -2.49. The Balaban J connectivity index is 1.31. The maximum atomic E-state index is 12.3. The Morgan fingerprint density at radius 1 is 0.964 bits per heavy atom. The number of nitrogens with one attached hydrogen (secondary N) is 2. The maximum Gasteiger partial charge on any atom is 0.252 e. The van der Waals surface area contributed by atoms with Crippen molar-refractivity contribution in [2.45, 2.75) is 6.42 Å². The molecule has 8 heteroatoms. The van der Waals surface area contributed by atoms with Gasteiger partial charge in [0.15, 0.2) is 0 Å². The zero-order valence-corrected chi connectivity index (χ0v) is 16.4. The summed E-state index contributed by atoms with van der Waals surface area (Å²) in [7, 11) is 0. The minimum atomic E-state index is -0.301. The molecule has 7 nitrogen and oxygen atoms in total. The van der Waals surface area contributed by atoms with Crippen LogP contribution in [0.5, 0.6) is 0 Å². The second-order valence-corrected chi connectivity index (χ2v) is 7.28. The van der Waals surface area contributed by atoms with Crippen molar-refractivity contribution in [2.75, 3.05) is 44.2 Å². The summed E-state index contributed by atoms with van der Waals surface area (Å²) in [6.45, 7) is 3.13. The lowest BCUT2D eigenvalue weighted by molar-refractivity contribution is -0.131. The summed E-state index contributed by atoms with van der Waals surface area (Å²) in [5.41, 5.74) is 1.72. The molecule has 0 atom stereocenters. The number of rotatable bonds is 7. The monoisotopic (exact) mass is 400 g/mol. The summed E-state index contributed by atoms with van der Waals surface area (Å²) in [6.07, 6.45) is 0.259. The number of para-hydroxylation sites is 1. The lowest BCUT2D eigenvalue weighted by atomic mass is 10.2. The number of hydrogen-bond acceptors (Lipinski definition) is 5. The van der Waals surface area contributed by atoms with E-state index in [2.05, 4.69) is 27.7 Å². The number of piperazine rings is 1. The Morgan fingerprint density at radius 3 is 2.39 bits per heavy atom. The number of benzene rings is 1. The summed E-state index contributed by atoms with van der Waals surface area (Å²) in [5.74, 6) is -0.538. The van der Waals surface area contributed by atoms with E-state index in [0.29, 0.717) is 18.7 Å². The van der Waals surface area contributed by atoms with E-state index in [9.17, 15) is 14.4 Å². The minimum Gasteiger partial charge on any atom is -0.368 e. The van der Waals surface area contributed by atoms with Gasteiger partial charge in [0.05, 0.1) is 6.54 Å². The molecule has 0 unspecified atom stereocenters. The number of carbonyl (C=O) groups is 3. The second kappa shape index (κ2) is 9.89. The Labute approximate surface area is 168 Å². The van der Waals surface area contributed by atoms with Crippen LogP contribution in [0.1, 0.15) is 16.8 Å². The fourth-order valence-corrected chi connectivity index (χ4v) is 3.67. The quantitative estimate of drug-likeness (QED) is 0.735. The van der Waals surface area contributed by atoms with Crippen LogP contribution in [0.2, 0.25) is 0 Å². The number of nitrogens with zero attached hydrogens (tertiary/aromatic N) is 2. The van der Waals surface area contributed by atoms with Crippen molar-refractivity contribution in [1.29, 1.82) is 0 Å². The highest BCUT2D eigenvalue weighted by Gasteiger charge is 2.21. The van der Waals surface area contributed by atoms with Crippen molar-refractivity contribution in [3.63, 3.8) is 0 Å². The van der Waals surface area contributed by atoms with Gasteiger partial charge in [-0.3, -0.25) is 14.4 Å². The predicted molar refractivity (Wildman–Crippen MR) is 110 cm³/mol. The fourth-order valence-electron chi connectivity index (χ4n) is 3.04. The van der Waals surface area contributed by atoms with E-state index in [1.807, 2.05) is 23.1 Å². The first-order valence-corrected chi connectivity index (χ1v) is 10.2. The molecule has 2 N–H and O–H groups in total. The highest BCUT2D eigenvalue weighted by molar-refractivity contribution is 7.08. The molecule has 1 aliphatic heterocycles. The molecule has 3 rings (SSSR count). The zero-order chi connectivity index (χ0) is 19.8. The van der Waals surface area contributed by atoms with Crippen LogP contribution in [0, 0.1) is 0 Å². The van der Waals surface area contributed by atoms with E-state index in [0.717, 1.165) is 13.1 Å². The van der Waals surface area contributed by atoms with Gasteiger partial charge in [-0.1, -0.05) is 18.2 Å². The smallest absolute Gasteiger partial charge is 0.252 e. The van der Waals surface area contributed by atoms with Crippen molar-refractivity contribution < 1.29 is 14.4 Å². The Kier molecular flexibility index (Phi) is 7.02. The third-order valence-corrected chi connectivity index (χ3v) is 5.29. The summed E-state index contributed by atoms with van der Waals surface area (Å²) in [6, 6.07) is 11.9. The van der Waals surface area contributed by atoms with Crippen LogP contribution < -0.4 is 15.5 Å². The molecule has 0 spiro atoms. The van der Waals surface area contributed by atoms with Crippen molar-refractivity contribution in [3.05, 3.63) is 52.7 Å². The molecule has 3 amide bonds. The van der Waals surface area contributed by atoms with Gasteiger partial charge in [-0.2, -0.15) is 11.3 Å². The summed E-state index contributed by atoms with van der Waals surface area (Å²) in [5, 5.41) is 8.77. The number of hydrogen-bond donors (Lipinski definition) is 2. The molecule has 1 fully saturated rings. The summed E-state index contributed by atoms with van der Waals surface area (Å²) in [4.78, 5) is 40.0. The van der Waals surface area contributed by atoms with Gasteiger partial charge in [0.25, 0.3) is 5.91 Å². The molecule has 2 aromatic rings. The zero-order valence-electron chi connectivity index (χ0n) is 15.6. The average Bonchev–Trinajstić information content (AvgIpc) is 3.28. The normalized spacial score (nSPS) is 13.9. The molecule has 1 aromatic carbocycles.